The Bertz CT molecular complexity index is 633. The fraction of sp³-hybridized carbons (Fsp3) is 0.667. The average Bonchev–Trinajstić information content (AvgIpc) is 2.69. The molecule has 1 fully saturated rings. The molecule has 0 saturated carbocycles. The lowest BCUT2D eigenvalue weighted by atomic mass is 9.83. The topological polar surface area (TPSA) is 99.6 Å². The monoisotopic (exact) mass is 333 g/mol. The van der Waals surface area contributed by atoms with Crippen LogP contribution in [0.25, 0.3) is 0 Å². The standard InChI is InChI=1S/C12H19N3O4S2/c1-8(2)12(17)6-15(7-12)10(16)4-9-5-20-11(13-9)14-21(3,18)19/h5,8,17H,4,6-7H2,1-3H3,(H,13,14). The molecule has 1 aliphatic rings. The average molecular weight is 333 g/mol. The molecule has 2 heterocycles. The van der Waals surface area contributed by atoms with Gasteiger partial charge in [0.15, 0.2) is 5.13 Å². The summed E-state index contributed by atoms with van der Waals surface area (Å²) in [6.45, 7) is 4.51. The summed E-state index contributed by atoms with van der Waals surface area (Å²) in [6, 6.07) is 0. The molecule has 1 saturated heterocycles. The number of likely N-dealkylation sites (tertiary alicyclic amines) is 1. The van der Waals surface area contributed by atoms with Gasteiger partial charge in [0, 0.05) is 5.38 Å². The van der Waals surface area contributed by atoms with Crippen molar-refractivity contribution in [3.8, 4) is 0 Å². The molecule has 1 amide bonds. The number of anilines is 1. The maximum absolute atomic E-state index is 12.0. The van der Waals surface area contributed by atoms with Gasteiger partial charge in [-0.25, -0.2) is 13.4 Å². The van der Waals surface area contributed by atoms with E-state index < -0.39 is 15.6 Å². The third-order valence-electron chi connectivity index (χ3n) is 3.51. The minimum absolute atomic E-state index is 0.103. The van der Waals surface area contributed by atoms with Gasteiger partial charge in [-0.3, -0.25) is 9.52 Å². The van der Waals surface area contributed by atoms with E-state index in [1.54, 1.807) is 10.3 Å². The Morgan fingerprint density at radius 2 is 2.19 bits per heavy atom. The van der Waals surface area contributed by atoms with Crippen molar-refractivity contribution in [1.29, 1.82) is 0 Å². The summed E-state index contributed by atoms with van der Waals surface area (Å²) in [5, 5.41) is 12.0. The molecule has 0 bridgehead atoms. The summed E-state index contributed by atoms with van der Waals surface area (Å²) < 4.78 is 24.4. The van der Waals surface area contributed by atoms with Crippen LogP contribution >= 0.6 is 11.3 Å². The largest absolute Gasteiger partial charge is 0.386 e. The second-order valence-electron chi connectivity index (χ2n) is 5.70. The maximum Gasteiger partial charge on any atom is 0.231 e. The number of sulfonamides is 1. The molecule has 2 N–H and O–H groups in total. The molecule has 0 atom stereocenters. The Labute approximate surface area is 128 Å². The van der Waals surface area contributed by atoms with Gasteiger partial charge in [0.2, 0.25) is 15.9 Å². The van der Waals surface area contributed by atoms with Gasteiger partial charge >= 0.3 is 0 Å². The van der Waals surface area contributed by atoms with Crippen LogP contribution in [-0.2, 0) is 21.2 Å². The van der Waals surface area contributed by atoms with Gasteiger partial charge in [-0.05, 0) is 5.92 Å². The summed E-state index contributed by atoms with van der Waals surface area (Å²) in [5.41, 5.74) is -0.267. The second kappa shape index (κ2) is 5.54. The lowest BCUT2D eigenvalue weighted by molar-refractivity contribution is -0.163. The van der Waals surface area contributed by atoms with Gasteiger partial charge in [-0.15, -0.1) is 11.3 Å². The zero-order valence-corrected chi connectivity index (χ0v) is 13.8. The second-order valence-corrected chi connectivity index (χ2v) is 8.31. The number of nitrogens with zero attached hydrogens (tertiary/aromatic N) is 2. The van der Waals surface area contributed by atoms with Crippen molar-refractivity contribution < 1.29 is 18.3 Å². The highest BCUT2D eigenvalue weighted by Crippen LogP contribution is 2.29. The molecule has 0 aromatic carbocycles. The van der Waals surface area contributed by atoms with Crippen LogP contribution < -0.4 is 4.72 Å². The van der Waals surface area contributed by atoms with Gasteiger partial charge in [-0.2, -0.15) is 0 Å². The first-order valence-electron chi connectivity index (χ1n) is 6.51. The molecule has 0 unspecified atom stereocenters. The molecule has 0 aliphatic carbocycles. The molecule has 1 aromatic heterocycles. The van der Waals surface area contributed by atoms with Crippen molar-refractivity contribution in [2.45, 2.75) is 25.9 Å². The number of carbonyl (C=O) groups excluding carboxylic acids is 1. The number of hydrogen-bond donors (Lipinski definition) is 2. The van der Waals surface area contributed by atoms with Gasteiger partial charge in [0.1, 0.15) is 5.60 Å². The minimum atomic E-state index is -3.36. The SMILES string of the molecule is CC(C)C1(O)CN(C(=O)Cc2csc(NS(C)(=O)=O)n2)C1. The van der Waals surface area contributed by atoms with Gasteiger partial charge < -0.3 is 10.0 Å². The number of aromatic nitrogens is 1. The third-order valence-corrected chi connectivity index (χ3v) is 5.01. The summed E-state index contributed by atoms with van der Waals surface area (Å²) in [7, 11) is -3.36. The van der Waals surface area contributed by atoms with Crippen LogP contribution in [0.1, 0.15) is 19.5 Å². The number of rotatable bonds is 5. The first-order valence-corrected chi connectivity index (χ1v) is 9.28. The van der Waals surface area contributed by atoms with Crippen LogP contribution in [0.2, 0.25) is 0 Å². The Balaban J connectivity index is 1.90. The van der Waals surface area contributed by atoms with Crippen molar-refractivity contribution in [1.82, 2.24) is 9.88 Å². The number of amides is 1. The van der Waals surface area contributed by atoms with Crippen molar-refractivity contribution in [3.63, 3.8) is 0 Å². The molecule has 9 heteroatoms. The molecule has 1 aromatic rings. The van der Waals surface area contributed by atoms with E-state index in [9.17, 15) is 18.3 Å². The predicted octanol–water partition coefficient (Wildman–Crippen LogP) is 0.286. The van der Waals surface area contributed by atoms with Crippen LogP contribution in [0.3, 0.4) is 0 Å². The molecule has 2 rings (SSSR count). The zero-order chi connectivity index (χ0) is 15.8. The quantitative estimate of drug-likeness (QED) is 0.806. The van der Waals surface area contributed by atoms with E-state index in [2.05, 4.69) is 9.71 Å². The smallest absolute Gasteiger partial charge is 0.231 e. The fourth-order valence-electron chi connectivity index (χ4n) is 2.02. The Kier molecular flexibility index (Phi) is 4.27. The van der Waals surface area contributed by atoms with E-state index in [4.69, 9.17) is 0 Å². The summed E-state index contributed by atoms with van der Waals surface area (Å²) in [6.07, 6.45) is 1.15. The van der Waals surface area contributed by atoms with E-state index in [1.807, 2.05) is 13.8 Å². The molecule has 21 heavy (non-hydrogen) atoms. The predicted molar refractivity (Wildman–Crippen MR) is 80.7 cm³/mol. The van der Waals surface area contributed by atoms with Crippen molar-refractivity contribution in [2.24, 2.45) is 5.92 Å². The number of nitrogens with one attached hydrogen (secondary N) is 1. The van der Waals surface area contributed by atoms with Crippen LogP contribution in [0.15, 0.2) is 5.38 Å². The number of thiazole rings is 1. The molecular weight excluding hydrogens is 314 g/mol. The van der Waals surface area contributed by atoms with Crippen LogP contribution in [-0.4, -0.2) is 54.3 Å². The fourth-order valence-corrected chi connectivity index (χ4v) is 3.58. The van der Waals surface area contributed by atoms with Gasteiger partial charge in [-0.1, -0.05) is 13.8 Å². The summed E-state index contributed by atoms with van der Waals surface area (Å²) >= 11 is 1.14. The molecular formula is C12H19N3O4S2. The van der Waals surface area contributed by atoms with E-state index >= 15 is 0 Å². The van der Waals surface area contributed by atoms with Gasteiger partial charge in [0.25, 0.3) is 0 Å². The number of carbonyl (C=O) groups is 1. The number of hydrogen-bond acceptors (Lipinski definition) is 6. The van der Waals surface area contributed by atoms with E-state index in [-0.39, 0.29) is 23.4 Å². The molecule has 0 radical (unpaired) electrons. The first kappa shape index (κ1) is 16.2. The van der Waals surface area contributed by atoms with E-state index in [0.717, 1.165) is 17.6 Å². The molecule has 1 aliphatic heterocycles. The van der Waals surface area contributed by atoms with Crippen molar-refractivity contribution >= 4 is 32.4 Å². The van der Waals surface area contributed by atoms with Crippen LogP contribution in [0.5, 0.6) is 0 Å². The van der Waals surface area contributed by atoms with Crippen molar-refractivity contribution in [2.75, 3.05) is 24.1 Å². The number of β-amino-alcohol motifs (C(OH)–C–C–N with tert-alkyl or cyclic N) is 1. The summed E-state index contributed by atoms with van der Waals surface area (Å²) in [5.74, 6) is -0.0112. The minimum Gasteiger partial charge on any atom is -0.386 e. The van der Waals surface area contributed by atoms with E-state index in [0.29, 0.717) is 18.8 Å². The Hall–Kier alpha value is -1.19. The van der Waals surface area contributed by atoms with Crippen LogP contribution in [0, 0.1) is 5.92 Å². The highest BCUT2D eigenvalue weighted by Gasteiger charge is 2.45. The molecule has 7 nitrogen and oxygen atoms in total. The highest BCUT2D eigenvalue weighted by atomic mass is 32.2. The highest BCUT2D eigenvalue weighted by molar-refractivity contribution is 7.92. The van der Waals surface area contributed by atoms with Crippen molar-refractivity contribution in [3.05, 3.63) is 11.1 Å². The number of aliphatic hydroxyl groups is 1. The Morgan fingerprint density at radius 3 is 2.71 bits per heavy atom. The lowest BCUT2D eigenvalue weighted by Gasteiger charge is -2.49. The van der Waals surface area contributed by atoms with Gasteiger partial charge in [0.05, 0.1) is 31.5 Å². The van der Waals surface area contributed by atoms with Crippen LogP contribution in [0.4, 0.5) is 5.13 Å². The molecule has 0 spiro atoms. The molecule has 118 valence electrons. The summed E-state index contributed by atoms with van der Waals surface area (Å²) in [4.78, 5) is 17.7. The lowest BCUT2D eigenvalue weighted by Crippen LogP contribution is -2.66. The first-order chi connectivity index (χ1) is 9.59. The third kappa shape index (κ3) is 3.92. The Morgan fingerprint density at radius 1 is 1.57 bits per heavy atom. The maximum atomic E-state index is 12.0. The zero-order valence-electron chi connectivity index (χ0n) is 12.2. The normalized spacial score (nSPS) is 17.7. The van der Waals surface area contributed by atoms with E-state index in [1.165, 1.54) is 0 Å².